The van der Waals surface area contributed by atoms with Gasteiger partial charge in [0, 0.05) is 5.39 Å². The highest BCUT2D eigenvalue weighted by Crippen LogP contribution is 2.20. The molecule has 1 aromatic carbocycles. The van der Waals surface area contributed by atoms with Gasteiger partial charge in [0.15, 0.2) is 0 Å². The van der Waals surface area contributed by atoms with Crippen LogP contribution in [0.2, 0.25) is 0 Å². The van der Waals surface area contributed by atoms with Gasteiger partial charge in [0.1, 0.15) is 11.3 Å². The van der Waals surface area contributed by atoms with Crippen molar-refractivity contribution >= 4 is 22.8 Å². The largest absolute Gasteiger partial charge is 0.490 e. The number of aromatic nitrogens is 1. The number of hydrogen-bond donors (Lipinski definition) is 3. The van der Waals surface area contributed by atoms with Crippen molar-refractivity contribution in [3.05, 3.63) is 36.5 Å². The third-order valence-electron chi connectivity index (χ3n) is 3.38. The summed E-state index contributed by atoms with van der Waals surface area (Å²) in [6.45, 7) is 2.15. The molecule has 0 aliphatic rings. The maximum atomic E-state index is 12.1. The molecule has 0 aliphatic carbocycles. The Morgan fingerprint density at radius 1 is 1.26 bits per heavy atom. The van der Waals surface area contributed by atoms with E-state index >= 15 is 0 Å². The highest BCUT2D eigenvalue weighted by Gasteiger charge is 2.38. The van der Waals surface area contributed by atoms with Gasteiger partial charge in [-0.2, -0.15) is 13.2 Å². The van der Waals surface area contributed by atoms with Crippen LogP contribution in [0.4, 0.5) is 13.2 Å². The topological polar surface area (TPSA) is 129 Å². The number of carbonyl (C=O) groups excluding carboxylic acids is 1. The number of para-hydroxylation sites is 1. The quantitative estimate of drug-likeness (QED) is 0.671. The van der Waals surface area contributed by atoms with E-state index in [4.69, 9.17) is 26.1 Å². The summed E-state index contributed by atoms with van der Waals surface area (Å²) >= 11 is 0. The number of halogens is 3. The second-order valence-electron chi connectivity index (χ2n) is 5.87. The van der Waals surface area contributed by atoms with Crippen LogP contribution in [0.3, 0.4) is 0 Å². The molecule has 1 aromatic heterocycles. The molecule has 2 rings (SSSR count). The standard InChI is InChI=1S/C15H19N3O2.C2HF3O2/c1-15(17,7-4-8-16)14(19)20-12-9-11-5-2-3-6-13(11)18-10-12;3-2(4,5)1(6)7/h2-3,5-6,9-10H,4,7-8,16-17H2,1H3;(H,6,7)/t15-;/m0./s1. The van der Waals surface area contributed by atoms with E-state index in [0.29, 0.717) is 25.1 Å². The summed E-state index contributed by atoms with van der Waals surface area (Å²) in [6, 6.07) is 9.40. The normalized spacial score (nSPS) is 13.3. The van der Waals surface area contributed by atoms with E-state index in [1.165, 1.54) is 6.20 Å². The molecule has 148 valence electrons. The van der Waals surface area contributed by atoms with Gasteiger partial charge < -0.3 is 21.3 Å². The number of nitrogens with zero attached hydrogens (tertiary/aromatic N) is 1. The van der Waals surface area contributed by atoms with Crippen molar-refractivity contribution in [1.29, 1.82) is 0 Å². The number of aliphatic carboxylic acids is 1. The lowest BCUT2D eigenvalue weighted by atomic mass is 9.97. The lowest BCUT2D eigenvalue weighted by Crippen LogP contribution is -2.47. The summed E-state index contributed by atoms with van der Waals surface area (Å²) in [6.07, 6.45) is -2.39. The number of esters is 1. The summed E-state index contributed by atoms with van der Waals surface area (Å²) in [5, 5.41) is 8.04. The Balaban J connectivity index is 0.000000445. The fourth-order valence-electron chi connectivity index (χ4n) is 1.90. The first kappa shape index (κ1) is 22.3. The molecule has 0 bridgehead atoms. The SMILES string of the molecule is C[C@](N)(CCCN)C(=O)Oc1cnc2ccccc2c1.O=C(O)C(F)(F)F. The second kappa shape index (κ2) is 9.28. The van der Waals surface area contributed by atoms with Gasteiger partial charge in [0.2, 0.25) is 0 Å². The van der Waals surface area contributed by atoms with Crippen LogP contribution >= 0.6 is 0 Å². The van der Waals surface area contributed by atoms with E-state index < -0.39 is 23.7 Å². The molecule has 0 saturated heterocycles. The Morgan fingerprint density at radius 3 is 2.41 bits per heavy atom. The minimum absolute atomic E-state index is 0.401. The van der Waals surface area contributed by atoms with Gasteiger partial charge in [-0.3, -0.25) is 4.98 Å². The third-order valence-corrected chi connectivity index (χ3v) is 3.38. The molecule has 10 heteroatoms. The van der Waals surface area contributed by atoms with Gasteiger partial charge in [0.05, 0.1) is 11.7 Å². The van der Waals surface area contributed by atoms with E-state index in [9.17, 15) is 18.0 Å². The molecule has 0 amide bonds. The lowest BCUT2D eigenvalue weighted by Gasteiger charge is -2.21. The molecule has 2 aromatic rings. The van der Waals surface area contributed by atoms with E-state index in [1.54, 1.807) is 13.0 Å². The predicted molar refractivity (Wildman–Crippen MR) is 91.9 cm³/mol. The third kappa shape index (κ3) is 7.19. The molecule has 0 aliphatic heterocycles. The zero-order valence-corrected chi connectivity index (χ0v) is 14.5. The molecule has 7 nitrogen and oxygen atoms in total. The van der Waals surface area contributed by atoms with Crippen LogP contribution in [-0.4, -0.2) is 40.3 Å². The number of carboxylic acids is 1. The summed E-state index contributed by atoms with van der Waals surface area (Å²) in [5.41, 5.74) is 11.2. The van der Waals surface area contributed by atoms with Crippen molar-refractivity contribution < 1.29 is 32.6 Å². The minimum atomic E-state index is -5.08. The first-order valence-corrected chi connectivity index (χ1v) is 7.83. The van der Waals surface area contributed by atoms with Crippen LogP contribution in [-0.2, 0) is 9.59 Å². The van der Waals surface area contributed by atoms with Gasteiger partial charge >= 0.3 is 18.1 Å². The van der Waals surface area contributed by atoms with Gasteiger partial charge in [-0.05, 0) is 38.4 Å². The lowest BCUT2D eigenvalue weighted by molar-refractivity contribution is -0.192. The molecule has 5 N–H and O–H groups in total. The van der Waals surface area contributed by atoms with E-state index in [-0.39, 0.29) is 0 Å². The summed E-state index contributed by atoms with van der Waals surface area (Å²) in [7, 11) is 0. The molecule has 0 fully saturated rings. The highest BCUT2D eigenvalue weighted by molar-refractivity contribution is 5.84. The molecular weight excluding hydrogens is 367 g/mol. The predicted octanol–water partition coefficient (Wildman–Crippen LogP) is 2.23. The smallest absolute Gasteiger partial charge is 0.475 e. The molecule has 27 heavy (non-hydrogen) atoms. The number of pyridine rings is 1. The van der Waals surface area contributed by atoms with Crippen LogP contribution in [0.1, 0.15) is 19.8 Å². The van der Waals surface area contributed by atoms with Gasteiger partial charge in [0.25, 0.3) is 0 Å². The second-order valence-corrected chi connectivity index (χ2v) is 5.87. The maximum Gasteiger partial charge on any atom is 0.490 e. The summed E-state index contributed by atoms with van der Waals surface area (Å²) in [4.78, 5) is 25.2. The number of alkyl halides is 3. The fourth-order valence-corrected chi connectivity index (χ4v) is 1.90. The zero-order valence-electron chi connectivity index (χ0n) is 14.5. The Bertz CT molecular complexity index is 794. The molecule has 1 heterocycles. The number of ether oxygens (including phenoxy) is 1. The molecule has 0 unspecified atom stereocenters. The van der Waals surface area contributed by atoms with Crippen molar-refractivity contribution in [3.63, 3.8) is 0 Å². The van der Waals surface area contributed by atoms with Crippen LogP contribution in [0.25, 0.3) is 10.9 Å². The minimum Gasteiger partial charge on any atom is -0.475 e. The maximum absolute atomic E-state index is 12.1. The average molecular weight is 387 g/mol. The van der Waals surface area contributed by atoms with Gasteiger partial charge in [-0.15, -0.1) is 0 Å². The number of benzene rings is 1. The summed E-state index contributed by atoms with van der Waals surface area (Å²) < 4.78 is 37.1. The number of rotatable bonds is 5. The monoisotopic (exact) mass is 387 g/mol. The Labute approximate surface area is 153 Å². The van der Waals surface area contributed by atoms with Crippen LogP contribution in [0.5, 0.6) is 5.75 Å². The average Bonchev–Trinajstić information content (AvgIpc) is 2.59. The van der Waals surface area contributed by atoms with Crippen LogP contribution in [0, 0.1) is 0 Å². The number of carboxylic acid groups (broad SMARTS) is 1. The van der Waals surface area contributed by atoms with Crippen molar-refractivity contribution in [2.75, 3.05) is 6.54 Å². The first-order chi connectivity index (χ1) is 12.5. The molecular formula is C17H20F3N3O4. The van der Waals surface area contributed by atoms with E-state index in [0.717, 1.165) is 10.9 Å². The Morgan fingerprint density at radius 2 is 1.85 bits per heavy atom. The number of fused-ring (bicyclic) bond motifs is 1. The fraction of sp³-hybridized carbons (Fsp3) is 0.353. The van der Waals surface area contributed by atoms with Crippen molar-refractivity contribution in [1.82, 2.24) is 4.98 Å². The van der Waals surface area contributed by atoms with Crippen molar-refractivity contribution in [3.8, 4) is 5.75 Å². The summed E-state index contributed by atoms with van der Waals surface area (Å²) in [5.74, 6) is -2.83. The molecule has 0 radical (unpaired) electrons. The Hall–Kier alpha value is -2.72. The van der Waals surface area contributed by atoms with E-state index in [1.807, 2.05) is 24.3 Å². The first-order valence-electron chi connectivity index (χ1n) is 7.83. The Kier molecular flexibility index (Phi) is 7.68. The van der Waals surface area contributed by atoms with Crippen LogP contribution in [0.15, 0.2) is 36.5 Å². The van der Waals surface area contributed by atoms with Crippen molar-refractivity contribution in [2.45, 2.75) is 31.5 Å². The van der Waals surface area contributed by atoms with Gasteiger partial charge in [-0.1, -0.05) is 18.2 Å². The number of nitrogens with two attached hydrogens (primary N) is 2. The highest BCUT2D eigenvalue weighted by atomic mass is 19.4. The number of carbonyl (C=O) groups is 2. The molecule has 1 atom stereocenters. The number of hydrogen-bond acceptors (Lipinski definition) is 6. The zero-order chi connectivity index (χ0) is 20.7. The van der Waals surface area contributed by atoms with Gasteiger partial charge in [-0.25, -0.2) is 9.59 Å². The van der Waals surface area contributed by atoms with Crippen molar-refractivity contribution in [2.24, 2.45) is 11.5 Å². The van der Waals surface area contributed by atoms with Crippen LogP contribution < -0.4 is 16.2 Å². The van der Waals surface area contributed by atoms with E-state index in [2.05, 4.69) is 4.98 Å². The molecule has 0 spiro atoms. The molecule has 0 saturated carbocycles.